The normalized spacial score (nSPS) is 14.2. The Morgan fingerprint density at radius 1 is 0.941 bits per heavy atom. The number of unbranched alkanes of at least 4 members (excludes halogenated alkanes) is 2. The van der Waals surface area contributed by atoms with Gasteiger partial charge in [-0.15, -0.1) is 0 Å². The smallest absolute Gasteiger partial charge is 0.306 e. The van der Waals surface area contributed by atoms with Crippen molar-refractivity contribution < 1.29 is 19.8 Å². The summed E-state index contributed by atoms with van der Waals surface area (Å²) in [5.74, 6) is -2.23. The van der Waals surface area contributed by atoms with Crippen molar-refractivity contribution in [2.24, 2.45) is 11.8 Å². The highest BCUT2D eigenvalue weighted by molar-refractivity contribution is 5.70. The van der Waals surface area contributed by atoms with Crippen LogP contribution in [0.2, 0.25) is 0 Å². The first kappa shape index (κ1) is 15.9. The van der Waals surface area contributed by atoms with E-state index in [2.05, 4.69) is 6.92 Å². The molecule has 0 radical (unpaired) electrons. The number of hydrogen-bond donors (Lipinski definition) is 2. The van der Waals surface area contributed by atoms with Gasteiger partial charge in [0.2, 0.25) is 0 Å². The van der Waals surface area contributed by atoms with Gasteiger partial charge in [-0.2, -0.15) is 0 Å². The third-order valence-corrected chi connectivity index (χ3v) is 3.12. The van der Waals surface area contributed by atoms with Gasteiger partial charge in [0, 0.05) is 0 Å². The Balaban J connectivity index is 3.85. The fourth-order valence-corrected chi connectivity index (χ4v) is 1.83. The van der Waals surface area contributed by atoms with Crippen molar-refractivity contribution in [3.63, 3.8) is 0 Å². The summed E-state index contributed by atoms with van der Waals surface area (Å²) in [6.07, 6.45) is 5.64. The Hall–Kier alpha value is -1.06. The van der Waals surface area contributed by atoms with Gasteiger partial charge in [0.15, 0.2) is 0 Å². The molecule has 4 nitrogen and oxygen atoms in total. The molecule has 0 amide bonds. The number of rotatable bonds is 10. The van der Waals surface area contributed by atoms with E-state index in [0.717, 1.165) is 19.3 Å². The molecule has 100 valence electrons. The zero-order valence-electron chi connectivity index (χ0n) is 10.8. The van der Waals surface area contributed by atoms with Crippen molar-refractivity contribution in [3.8, 4) is 0 Å². The van der Waals surface area contributed by atoms with E-state index in [-0.39, 0.29) is 11.8 Å². The van der Waals surface area contributed by atoms with Gasteiger partial charge in [-0.3, -0.25) is 9.59 Å². The summed E-state index contributed by atoms with van der Waals surface area (Å²) in [6, 6.07) is 0. The van der Waals surface area contributed by atoms with Gasteiger partial charge in [-0.1, -0.05) is 39.5 Å². The number of carbonyl (C=O) groups is 2. The molecule has 0 saturated heterocycles. The molecule has 0 aromatic heterocycles. The summed E-state index contributed by atoms with van der Waals surface area (Å²) in [5.41, 5.74) is 0. The van der Waals surface area contributed by atoms with E-state index in [4.69, 9.17) is 10.2 Å². The number of carboxylic acid groups (broad SMARTS) is 2. The SMILES string of the molecule is CCCCCC(CCCC(C)C(=O)O)C(=O)O. The van der Waals surface area contributed by atoms with Gasteiger partial charge >= 0.3 is 11.9 Å². The molecule has 0 aromatic carbocycles. The molecule has 4 heteroatoms. The quantitative estimate of drug-likeness (QED) is 0.579. The average molecular weight is 244 g/mol. The van der Waals surface area contributed by atoms with E-state index in [1.807, 2.05) is 0 Å². The first-order valence-electron chi connectivity index (χ1n) is 6.44. The molecule has 2 atom stereocenters. The summed E-state index contributed by atoms with van der Waals surface area (Å²) in [6.45, 7) is 3.75. The van der Waals surface area contributed by atoms with Crippen molar-refractivity contribution >= 4 is 11.9 Å². The fourth-order valence-electron chi connectivity index (χ4n) is 1.83. The van der Waals surface area contributed by atoms with Crippen LogP contribution in [-0.2, 0) is 9.59 Å². The maximum absolute atomic E-state index is 11.0. The minimum Gasteiger partial charge on any atom is -0.481 e. The van der Waals surface area contributed by atoms with Crippen LogP contribution in [0.5, 0.6) is 0 Å². The predicted molar refractivity (Wildman–Crippen MR) is 65.9 cm³/mol. The summed E-state index contributed by atoms with van der Waals surface area (Å²) in [4.78, 5) is 21.6. The molecular weight excluding hydrogens is 220 g/mol. The van der Waals surface area contributed by atoms with Crippen LogP contribution in [0.1, 0.15) is 58.8 Å². The monoisotopic (exact) mass is 244 g/mol. The Bertz CT molecular complexity index is 238. The molecule has 0 aliphatic rings. The Morgan fingerprint density at radius 3 is 2.00 bits per heavy atom. The largest absolute Gasteiger partial charge is 0.481 e. The lowest BCUT2D eigenvalue weighted by molar-refractivity contribution is -0.142. The molecule has 0 aromatic rings. The van der Waals surface area contributed by atoms with Gasteiger partial charge < -0.3 is 10.2 Å². The molecule has 0 heterocycles. The van der Waals surface area contributed by atoms with Crippen LogP contribution in [0.25, 0.3) is 0 Å². The van der Waals surface area contributed by atoms with Crippen LogP contribution in [0.3, 0.4) is 0 Å². The molecule has 0 aliphatic carbocycles. The third-order valence-electron chi connectivity index (χ3n) is 3.12. The van der Waals surface area contributed by atoms with Crippen LogP contribution in [0, 0.1) is 11.8 Å². The van der Waals surface area contributed by atoms with Crippen LogP contribution in [-0.4, -0.2) is 22.2 Å². The van der Waals surface area contributed by atoms with E-state index in [1.165, 1.54) is 0 Å². The second-order valence-corrected chi connectivity index (χ2v) is 4.70. The molecular formula is C13H24O4. The standard InChI is InChI=1S/C13H24O4/c1-3-4-5-8-11(13(16)17)9-6-7-10(2)12(14)15/h10-11H,3-9H2,1-2H3,(H,14,15)(H,16,17). The molecule has 2 unspecified atom stereocenters. The molecule has 2 N–H and O–H groups in total. The zero-order chi connectivity index (χ0) is 13.3. The highest BCUT2D eigenvalue weighted by Crippen LogP contribution is 2.19. The fraction of sp³-hybridized carbons (Fsp3) is 0.846. The lowest BCUT2D eigenvalue weighted by Crippen LogP contribution is -2.15. The van der Waals surface area contributed by atoms with Crippen molar-refractivity contribution in [3.05, 3.63) is 0 Å². The number of hydrogen-bond acceptors (Lipinski definition) is 2. The summed E-state index contributed by atoms with van der Waals surface area (Å²) in [5, 5.41) is 17.7. The number of carboxylic acids is 2. The topological polar surface area (TPSA) is 74.6 Å². The highest BCUT2D eigenvalue weighted by atomic mass is 16.4. The molecule has 0 aliphatic heterocycles. The van der Waals surface area contributed by atoms with Crippen molar-refractivity contribution in [2.75, 3.05) is 0 Å². The zero-order valence-corrected chi connectivity index (χ0v) is 10.8. The third kappa shape index (κ3) is 7.77. The van der Waals surface area contributed by atoms with E-state index in [1.54, 1.807) is 6.92 Å². The average Bonchev–Trinajstić information content (AvgIpc) is 2.26. The summed E-state index contributed by atoms with van der Waals surface area (Å²) >= 11 is 0. The minimum absolute atomic E-state index is 0.303. The van der Waals surface area contributed by atoms with Crippen molar-refractivity contribution in [1.82, 2.24) is 0 Å². The number of aliphatic carboxylic acids is 2. The van der Waals surface area contributed by atoms with Gasteiger partial charge in [0.1, 0.15) is 0 Å². The second kappa shape index (κ2) is 9.02. The lowest BCUT2D eigenvalue weighted by Gasteiger charge is -2.12. The van der Waals surface area contributed by atoms with E-state index >= 15 is 0 Å². The maximum Gasteiger partial charge on any atom is 0.306 e. The maximum atomic E-state index is 11.0. The van der Waals surface area contributed by atoms with Gasteiger partial charge in [0.05, 0.1) is 11.8 Å². The first-order valence-corrected chi connectivity index (χ1v) is 6.44. The molecule has 0 bridgehead atoms. The lowest BCUT2D eigenvalue weighted by atomic mass is 9.93. The molecule has 0 rings (SSSR count). The molecule has 0 spiro atoms. The van der Waals surface area contributed by atoms with Gasteiger partial charge in [-0.25, -0.2) is 0 Å². The van der Waals surface area contributed by atoms with E-state index in [0.29, 0.717) is 25.7 Å². The predicted octanol–water partition coefficient (Wildman–Crippen LogP) is 3.16. The Morgan fingerprint density at radius 2 is 1.53 bits per heavy atom. The van der Waals surface area contributed by atoms with Crippen LogP contribution >= 0.6 is 0 Å². The summed E-state index contributed by atoms with van der Waals surface area (Å²) in [7, 11) is 0. The first-order chi connectivity index (χ1) is 7.99. The minimum atomic E-state index is -0.803. The van der Waals surface area contributed by atoms with Crippen LogP contribution in [0.4, 0.5) is 0 Å². The van der Waals surface area contributed by atoms with E-state index < -0.39 is 11.9 Å². The molecule has 0 saturated carbocycles. The van der Waals surface area contributed by atoms with Crippen molar-refractivity contribution in [1.29, 1.82) is 0 Å². The Labute approximate surface area is 103 Å². The Kier molecular flexibility index (Phi) is 8.46. The second-order valence-electron chi connectivity index (χ2n) is 4.70. The van der Waals surface area contributed by atoms with Gasteiger partial charge in [-0.05, 0) is 19.3 Å². The molecule has 0 fully saturated rings. The van der Waals surface area contributed by atoms with Gasteiger partial charge in [0.25, 0.3) is 0 Å². The van der Waals surface area contributed by atoms with E-state index in [9.17, 15) is 9.59 Å². The van der Waals surface area contributed by atoms with Crippen LogP contribution in [0.15, 0.2) is 0 Å². The van der Waals surface area contributed by atoms with Crippen molar-refractivity contribution in [2.45, 2.75) is 58.8 Å². The molecule has 17 heavy (non-hydrogen) atoms. The highest BCUT2D eigenvalue weighted by Gasteiger charge is 2.18. The van der Waals surface area contributed by atoms with Crippen LogP contribution < -0.4 is 0 Å². The summed E-state index contributed by atoms with van der Waals surface area (Å²) < 4.78 is 0.